The van der Waals surface area contributed by atoms with Crippen molar-refractivity contribution in [2.24, 2.45) is 0 Å². The van der Waals surface area contributed by atoms with Gasteiger partial charge in [-0.2, -0.15) is 0 Å². The predicted octanol–water partition coefficient (Wildman–Crippen LogP) is 20.2. The molecule has 71 heavy (non-hydrogen) atoms. The Labute approximate surface area is 415 Å². The van der Waals surface area contributed by atoms with Crippen LogP contribution >= 0.6 is 0 Å². The summed E-state index contributed by atoms with van der Waals surface area (Å²) in [5.74, 6) is 0. The van der Waals surface area contributed by atoms with Crippen LogP contribution in [0.4, 0.5) is 0 Å². The second kappa shape index (κ2) is 17.8. The number of benzene rings is 13. The van der Waals surface area contributed by atoms with Crippen LogP contribution in [0.25, 0.3) is 138 Å². The monoisotopic (exact) mass is 900 g/mol. The highest BCUT2D eigenvalue weighted by Crippen LogP contribution is 2.42. The van der Waals surface area contributed by atoms with Gasteiger partial charge in [0.1, 0.15) is 0 Å². The van der Waals surface area contributed by atoms with E-state index in [1.165, 1.54) is 137 Å². The summed E-state index contributed by atoms with van der Waals surface area (Å²) in [5.41, 5.74) is 18.2. The first-order chi connectivity index (χ1) is 35.1. The molecule has 0 N–H and O–H groups in total. The molecule has 0 fully saturated rings. The number of hydrogen-bond acceptors (Lipinski definition) is 0. The molecule has 0 aromatic heterocycles. The lowest BCUT2D eigenvalue weighted by molar-refractivity contribution is 1.56. The Kier molecular flexibility index (Phi) is 10.5. The molecule has 0 spiro atoms. The van der Waals surface area contributed by atoms with E-state index in [4.69, 9.17) is 0 Å². The van der Waals surface area contributed by atoms with Crippen LogP contribution in [0, 0.1) is 0 Å². The van der Waals surface area contributed by atoms with Gasteiger partial charge in [0.15, 0.2) is 0 Å². The van der Waals surface area contributed by atoms with E-state index in [1.54, 1.807) is 0 Å². The molecule has 0 atom stereocenters. The van der Waals surface area contributed by atoms with E-state index >= 15 is 0 Å². The van der Waals surface area contributed by atoms with Gasteiger partial charge in [-0.05, 0) is 193 Å². The molecule has 0 aliphatic heterocycles. The van der Waals surface area contributed by atoms with Gasteiger partial charge < -0.3 is 0 Å². The quantitative estimate of drug-likeness (QED) is 0.105. The van der Waals surface area contributed by atoms with Gasteiger partial charge in [0.2, 0.25) is 0 Å². The zero-order chi connectivity index (χ0) is 47.3. The summed E-state index contributed by atoms with van der Waals surface area (Å²) in [6.07, 6.45) is 4.28. The summed E-state index contributed by atoms with van der Waals surface area (Å²) in [6, 6.07) is 96.7. The Morgan fingerprint density at radius 3 is 1.38 bits per heavy atom. The summed E-state index contributed by atoms with van der Waals surface area (Å²) in [4.78, 5) is 0. The third kappa shape index (κ3) is 7.86. The molecule has 0 radical (unpaired) electrons. The molecule has 0 saturated carbocycles. The summed E-state index contributed by atoms with van der Waals surface area (Å²) in [6.45, 7) is 2.07. The minimum atomic E-state index is 1.19. The van der Waals surface area contributed by atoms with Gasteiger partial charge in [0.05, 0.1) is 0 Å². The van der Waals surface area contributed by atoms with Gasteiger partial charge in [0, 0.05) is 0 Å². The summed E-state index contributed by atoms with van der Waals surface area (Å²) in [5, 5.41) is 12.5. The van der Waals surface area contributed by atoms with E-state index in [2.05, 4.69) is 280 Å². The number of rotatable bonds is 8. The molecule has 0 unspecified atom stereocenters. The molecule has 0 heteroatoms. The lowest BCUT2D eigenvalue weighted by Gasteiger charge is -2.16. The average molecular weight is 901 g/mol. The molecule has 0 amide bonds. The van der Waals surface area contributed by atoms with Crippen molar-refractivity contribution in [3.05, 3.63) is 272 Å². The van der Waals surface area contributed by atoms with Crippen LogP contribution in [0.5, 0.6) is 0 Å². The lowest BCUT2D eigenvalue weighted by atomic mass is 9.87. The van der Waals surface area contributed by atoms with Crippen LogP contribution in [-0.4, -0.2) is 0 Å². The van der Waals surface area contributed by atoms with E-state index in [0.29, 0.717) is 0 Å². The zero-order valence-electron chi connectivity index (χ0n) is 39.5. The fourth-order valence-corrected chi connectivity index (χ4v) is 10.9. The van der Waals surface area contributed by atoms with E-state index in [9.17, 15) is 0 Å². The van der Waals surface area contributed by atoms with E-state index < -0.39 is 0 Å². The second-order valence-electron chi connectivity index (χ2n) is 18.8. The zero-order valence-corrected chi connectivity index (χ0v) is 39.5. The maximum atomic E-state index is 2.41. The Hall–Kier alpha value is -9.10. The minimum Gasteiger partial charge on any atom is -0.0870 e. The van der Waals surface area contributed by atoms with Gasteiger partial charge in [-0.3, -0.25) is 0 Å². The van der Waals surface area contributed by atoms with Crippen LogP contribution < -0.4 is 0 Å². The predicted molar refractivity (Wildman–Crippen MR) is 307 cm³/mol. The maximum absolute atomic E-state index is 2.41. The van der Waals surface area contributed by atoms with Gasteiger partial charge in [-0.25, -0.2) is 0 Å². The Morgan fingerprint density at radius 1 is 0.225 bits per heavy atom. The molecule has 0 nitrogen and oxygen atoms in total. The highest BCUT2D eigenvalue weighted by Gasteiger charge is 2.15. The van der Waals surface area contributed by atoms with Crippen molar-refractivity contribution < 1.29 is 0 Å². The molecule has 0 saturated heterocycles. The average Bonchev–Trinajstić information content (AvgIpc) is 3.44. The van der Waals surface area contributed by atoms with E-state index in [0.717, 1.165) is 0 Å². The molecular formula is C71H48. The lowest BCUT2D eigenvalue weighted by Crippen LogP contribution is -1.90. The van der Waals surface area contributed by atoms with Crippen LogP contribution in [-0.2, 0) is 0 Å². The molecule has 13 rings (SSSR count). The van der Waals surface area contributed by atoms with Crippen LogP contribution in [0.1, 0.15) is 12.5 Å². The van der Waals surface area contributed by atoms with Crippen molar-refractivity contribution in [1.29, 1.82) is 0 Å². The first-order valence-electron chi connectivity index (χ1n) is 24.7. The normalized spacial score (nSPS) is 11.7. The SMILES string of the molecule is C/C=C\c1ccccc1-c1ccc(-c2cccc(-c3ccc4cc5cc(-c6cccc(-c7ccc8c(ccc9ccccc98)c7)c6)ccc5c(-c5cccc(-c6ccc7ccccc7c6)c5)c4c3)c2)cc1. The van der Waals surface area contributed by atoms with Gasteiger partial charge in [-0.15, -0.1) is 0 Å². The topological polar surface area (TPSA) is 0 Å². The highest BCUT2D eigenvalue weighted by atomic mass is 14.2. The first-order valence-corrected chi connectivity index (χ1v) is 24.7. The summed E-state index contributed by atoms with van der Waals surface area (Å²) >= 11 is 0. The fourth-order valence-electron chi connectivity index (χ4n) is 10.9. The number of allylic oxidation sites excluding steroid dienone is 1. The molecule has 0 bridgehead atoms. The summed E-state index contributed by atoms with van der Waals surface area (Å²) < 4.78 is 0. The van der Waals surface area contributed by atoms with Gasteiger partial charge in [0.25, 0.3) is 0 Å². The number of hydrogen-bond donors (Lipinski definition) is 0. The van der Waals surface area contributed by atoms with Gasteiger partial charge in [-0.1, -0.05) is 224 Å². The van der Waals surface area contributed by atoms with Crippen molar-refractivity contribution in [1.82, 2.24) is 0 Å². The van der Waals surface area contributed by atoms with Crippen molar-refractivity contribution >= 4 is 59.9 Å². The van der Waals surface area contributed by atoms with Crippen LogP contribution in [0.2, 0.25) is 0 Å². The second-order valence-corrected chi connectivity index (χ2v) is 18.8. The first kappa shape index (κ1) is 42.0. The molecular weight excluding hydrogens is 853 g/mol. The molecule has 0 aliphatic carbocycles. The van der Waals surface area contributed by atoms with Crippen molar-refractivity contribution in [2.75, 3.05) is 0 Å². The molecule has 13 aromatic carbocycles. The van der Waals surface area contributed by atoms with Crippen molar-refractivity contribution in [2.45, 2.75) is 6.92 Å². The van der Waals surface area contributed by atoms with Crippen LogP contribution in [0.15, 0.2) is 267 Å². The van der Waals surface area contributed by atoms with Crippen LogP contribution in [0.3, 0.4) is 0 Å². The number of fused-ring (bicyclic) bond motifs is 6. The van der Waals surface area contributed by atoms with Crippen molar-refractivity contribution in [3.8, 4) is 77.9 Å². The Balaban J connectivity index is 0.913. The van der Waals surface area contributed by atoms with E-state index in [-0.39, 0.29) is 0 Å². The summed E-state index contributed by atoms with van der Waals surface area (Å²) in [7, 11) is 0. The molecule has 332 valence electrons. The maximum Gasteiger partial charge on any atom is -0.00264 e. The smallest absolute Gasteiger partial charge is 0.00264 e. The fraction of sp³-hybridized carbons (Fsp3) is 0.0141. The van der Waals surface area contributed by atoms with Crippen molar-refractivity contribution in [3.63, 3.8) is 0 Å². The van der Waals surface area contributed by atoms with Gasteiger partial charge >= 0.3 is 0 Å². The standard InChI is InChI=1S/C71H48/c1-2-12-49-14-5-7-23-66(49)51-28-25-48(26-29-51)53-17-9-20-56(39-53)61-32-34-63-45-65-44-60(55-19-10-18-54(41-55)59-35-37-68-62(42-59)33-30-50-15-6-8-24-67(50)68)36-38-69(65)71(70(63)46-61)64-22-11-21-57(43-64)58-31-27-47-13-3-4-16-52(47)40-58/h2-46H,1H3/b12-2-. The highest BCUT2D eigenvalue weighted by molar-refractivity contribution is 6.15. The van der Waals surface area contributed by atoms with E-state index in [1.807, 2.05) is 0 Å². The minimum absolute atomic E-state index is 1.19. The molecule has 13 aromatic rings. The Morgan fingerprint density at radius 2 is 0.662 bits per heavy atom. The third-order valence-electron chi connectivity index (χ3n) is 14.5. The molecule has 0 aliphatic rings. The Bertz CT molecular complexity index is 4220. The third-order valence-corrected chi connectivity index (χ3v) is 14.5. The molecule has 0 heterocycles. The largest absolute Gasteiger partial charge is 0.0870 e.